The highest BCUT2D eigenvalue weighted by atomic mass is 15.2. The molecular weight excluding hydrogens is 214 g/mol. The van der Waals surface area contributed by atoms with Gasteiger partial charge in [0.1, 0.15) is 5.82 Å². The van der Waals surface area contributed by atoms with Gasteiger partial charge in [-0.3, -0.25) is 4.68 Å². The molecule has 17 heavy (non-hydrogen) atoms. The Hall–Kier alpha value is -1.75. The Balaban J connectivity index is 2.16. The van der Waals surface area contributed by atoms with Crippen molar-refractivity contribution in [1.82, 2.24) is 25.1 Å². The molecule has 0 saturated heterocycles. The predicted molar refractivity (Wildman–Crippen MR) is 65.5 cm³/mol. The van der Waals surface area contributed by atoms with Crippen LogP contribution in [0.25, 0.3) is 0 Å². The molecule has 1 N–H and O–H groups in total. The van der Waals surface area contributed by atoms with Gasteiger partial charge < -0.3 is 5.32 Å². The minimum Gasteiger partial charge on any atom is -0.311 e. The first kappa shape index (κ1) is 11.7. The number of hydrogen-bond donors (Lipinski definition) is 1. The summed E-state index contributed by atoms with van der Waals surface area (Å²) in [6, 6.07) is 2.14. The smallest absolute Gasteiger partial charge is 0.125 e. The topological polar surface area (TPSA) is 55.6 Å². The molecule has 0 amide bonds. The maximum Gasteiger partial charge on any atom is 0.125 e. The van der Waals surface area contributed by atoms with Crippen LogP contribution in [0.15, 0.2) is 24.7 Å². The third-order valence-corrected chi connectivity index (χ3v) is 2.70. The summed E-state index contributed by atoms with van der Waals surface area (Å²) in [4.78, 5) is 8.56. The second-order valence-electron chi connectivity index (χ2n) is 4.10. The van der Waals surface area contributed by atoms with E-state index in [4.69, 9.17) is 0 Å². The van der Waals surface area contributed by atoms with E-state index in [1.807, 2.05) is 44.2 Å². The molecule has 0 saturated carbocycles. The summed E-state index contributed by atoms with van der Waals surface area (Å²) >= 11 is 0. The molecule has 5 heteroatoms. The molecular formula is C12H17N5. The fourth-order valence-electron chi connectivity index (χ4n) is 1.84. The summed E-state index contributed by atoms with van der Waals surface area (Å²) in [6.07, 6.45) is 6.59. The van der Waals surface area contributed by atoms with Gasteiger partial charge in [0.05, 0.1) is 17.9 Å². The molecule has 0 aliphatic rings. The Morgan fingerprint density at radius 1 is 1.47 bits per heavy atom. The van der Waals surface area contributed by atoms with E-state index < -0.39 is 0 Å². The van der Waals surface area contributed by atoms with Gasteiger partial charge in [-0.2, -0.15) is 5.10 Å². The molecule has 2 aromatic heterocycles. The van der Waals surface area contributed by atoms with Crippen molar-refractivity contribution in [3.8, 4) is 0 Å². The monoisotopic (exact) mass is 231 g/mol. The summed E-state index contributed by atoms with van der Waals surface area (Å²) < 4.78 is 1.81. The molecule has 0 radical (unpaired) electrons. The van der Waals surface area contributed by atoms with Crippen molar-refractivity contribution in [1.29, 1.82) is 0 Å². The van der Waals surface area contributed by atoms with E-state index in [1.54, 1.807) is 6.20 Å². The van der Waals surface area contributed by atoms with E-state index in [-0.39, 0.29) is 6.04 Å². The molecule has 90 valence electrons. The summed E-state index contributed by atoms with van der Waals surface area (Å²) in [5.74, 6) is 0.800. The standard InChI is InChI=1S/C12H17N5/c1-9-14-5-4-11(16-9)12(13-2)6-10-7-15-17(3)8-10/h4-5,7-8,12-13H,6H2,1-3H3. The lowest BCUT2D eigenvalue weighted by Crippen LogP contribution is -2.20. The van der Waals surface area contributed by atoms with Crippen molar-refractivity contribution >= 4 is 0 Å². The molecule has 0 aliphatic carbocycles. The number of rotatable bonds is 4. The van der Waals surface area contributed by atoms with Gasteiger partial charge in [-0.25, -0.2) is 9.97 Å². The molecule has 0 aliphatic heterocycles. The molecule has 0 fully saturated rings. The molecule has 0 aromatic carbocycles. The van der Waals surface area contributed by atoms with Crippen LogP contribution in [0.4, 0.5) is 0 Å². The Kier molecular flexibility index (Phi) is 3.49. The molecule has 1 atom stereocenters. The van der Waals surface area contributed by atoms with Crippen LogP contribution in [0.5, 0.6) is 0 Å². The summed E-state index contributed by atoms with van der Waals surface area (Å²) in [6.45, 7) is 1.90. The molecule has 2 aromatic rings. The molecule has 1 unspecified atom stereocenters. The SMILES string of the molecule is CNC(Cc1cnn(C)c1)c1ccnc(C)n1. The van der Waals surface area contributed by atoms with Gasteiger partial charge in [0.15, 0.2) is 0 Å². The van der Waals surface area contributed by atoms with E-state index in [0.717, 1.165) is 17.9 Å². The number of likely N-dealkylation sites (N-methyl/N-ethyl adjacent to an activating group) is 1. The predicted octanol–water partition coefficient (Wildman–Crippen LogP) is 1.02. The van der Waals surface area contributed by atoms with Gasteiger partial charge in [-0.15, -0.1) is 0 Å². The van der Waals surface area contributed by atoms with Crippen molar-refractivity contribution in [2.24, 2.45) is 7.05 Å². The van der Waals surface area contributed by atoms with Gasteiger partial charge >= 0.3 is 0 Å². The summed E-state index contributed by atoms with van der Waals surface area (Å²) in [5, 5.41) is 7.45. The van der Waals surface area contributed by atoms with Crippen LogP contribution in [-0.4, -0.2) is 26.8 Å². The van der Waals surface area contributed by atoms with Gasteiger partial charge in [-0.05, 0) is 32.0 Å². The minimum atomic E-state index is 0.195. The van der Waals surface area contributed by atoms with Crippen LogP contribution in [0, 0.1) is 6.92 Å². The highest BCUT2D eigenvalue weighted by Crippen LogP contribution is 2.15. The summed E-state index contributed by atoms with van der Waals surface area (Å²) in [7, 11) is 3.87. The van der Waals surface area contributed by atoms with Gasteiger partial charge in [-0.1, -0.05) is 0 Å². The van der Waals surface area contributed by atoms with Crippen LogP contribution < -0.4 is 5.32 Å². The largest absolute Gasteiger partial charge is 0.311 e. The van der Waals surface area contributed by atoms with Crippen molar-refractivity contribution in [3.05, 3.63) is 41.7 Å². The van der Waals surface area contributed by atoms with E-state index in [1.165, 1.54) is 5.56 Å². The van der Waals surface area contributed by atoms with Gasteiger partial charge in [0.2, 0.25) is 0 Å². The average molecular weight is 231 g/mol. The maximum absolute atomic E-state index is 4.45. The van der Waals surface area contributed by atoms with Crippen LogP contribution in [0.1, 0.15) is 23.1 Å². The zero-order valence-corrected chi connectivity index (χ0v) is 10.4. The van der Waals surface area contributed by atoms with E-state index in [0.29, 0.717) is 0 Å². The number of aromatic nitrogens is 4. The van der Waals surface area contributed by atoms with E-state index >= 15 is 0 Å². The Bertz CT molecular complexity index is 491. The normalized spacial score (nSPS) is 12.6. The molecule has 2 heterocycles. The van der Waals surface area contributed by atoms with Crippen molar-refractivity contribution < 1.29 is 0 Å². The highest BCUT2D eigenvalue weighted by molar-refractivity contribution is 5.14. The second kappa shape index (κ2) is 5.05. The lowest BCUT2D eigenvalue weighted by molar-refractivity contribution is 0.572. The average Bonchev–Trinajstić information content (AvgIpc) is 2.72. The zero-order chi connectivity index (χ0) is 12.3. The summed E-state index contributed by atoms with van der Waals surface area (Å²) in [5.41, 5.74) is 2.21. The van der Waals surface area contributed by atoms with Gasteiger partial charge in [0.25, 0.3) is 0 Å². The highest BCUT2D eigenvalue weighted by Gasteiger charge is 2.12. The van der Waals surface area contributed by atoms with Crippen molar-refractivity contribution in [2.45, 2.75) is 19.4 Å². The molecule has 2 rings (SSSR count). The Morgan fingerprint density at radius 2 is 2.29 bits per heavy atom. The van der Waals surface area contributed by atoms with Crippen LogP contribution in [0.2, 0.25) is 0 Å². The van der Waals surface area contributed by atoms with E-state index in [9.17, 15) is 0 Å². The first-order valence-corrected chi connectivity index (χ1v) is 5.63. The van der Waals surface area contributed by atoms with Crippen molar-refractivity contribution in [3.63, 3.8) is 0 Å². The number of nitrogens with zero attached hydrogens (tertiary/aromatic N) is 4. The third kappa shape index (κ3) is 2.88. The molecule has 5 nitrogen and oxygen atoms in total. The molecule has 0 spiro atoms. The first-order valence-electron chi connectivity index (χ1n) is 5.63. The van der Waals surface area contributed by atoms with Gasteiger partial charge in [0, 0.05) is 19.4 Å². The van der Waals surface area contributed by atoms with E-state index in [2.05, 4.69) is 20.4 Å². The van der Waals surface area contributed by atoms with Crippen LogP contribution in [-0.2, 0) is 13.5 Å². The quantitative estimate of drug-likeness (QED) is 0.853. The first-order chi connectivity index (χ1) is 8.19. The fraction of sp³-hybridized carbons (Fsp3) is 0.417. The maximum atomic E-state index is 4.45. The lowest BCUT2D eigenvalue weighted by Gasteiger charge is -2.14. The Labute approximate surface area is 101 Å². The third-order valence-electron chi connectivity index (χ3n) is 2.70. The van der Waals surface area contributed by atoms with Crippen LogP contribution in [0.3, 0.4) is 0 Å². The molecule has 0 bridgehead atoms. The number of aryl methyl sites for hydroxylation is 2. The fourth-order valence-corrected chi connectivity index (χ4v) is 1.84. The lowest BCUT2D eigenvalue weighted by atomic mass is 10.1. The second-order valence-corrected chi connectivity index (χ2v) is 4.10. The van der Waals surface area contributed by atoms with Crippen LogP contribution >= 0.6 is 0 Å². The zero-order valence-electron chi connectivity index (χ0n) is 10.4. The van der Waals surface area contributed by atoms with Crippen molar-refractivity contribution in [2.75, 3.05) is 7.05 Å². The minimum absolute atomic E-state index is 0.195. The Morgan fingerprint density at radius 3 is 2.88 bits per heavy atom. The number of hydrogen-bond acceptors (Lipinski definition) is 4. The number of nitrogens with one attached hydrogen (secondary N) is 1.